The predicted octanol–water partition coefficient (Wildman–Crippen LogP) is 4.55. The van der Waals surface area contributed by atoms with Gasteiger partial charge in [0.1, 0.15) is 0 Å². The maximum absolute atomic E-state index is 13.1. The number of carbonyl (C=O) groups is 1. The number of nitrogens with zero attached hydrogens (tertiary/aromatic N) is 3. The maximum atomic E-state index is 13.1. The third kappa shape index (κ3) is 4.48. The number of hydrogen-bond acceptors (Lipinski definition) is 3. The van der Waals surface area contributed by atoms with Gasteiger partial charge >= 0.3 is 6.18 Å². The Balaban J connectivity index is 1.91. The zero-order valence-corrected chi connectivity index (χ0v) is 16.2. The van der Waals surface area contributed by atoms with Crippen LogP contribution in [0.25, 0.3) is 5.69 Å². The highest BCUT2D eigenvalue weighted by Gasteiger charge is 2.35. The van der Waals surface area contributed by atoms with E-state index in [0.717, 1.165) is 31.4 Å². The van der Waals surface area contributed by atoms with E-state index in [4.69, 9.17) is 4.74 Å². The van der Waals surface area contributed by atoms with Gasteiger partial charge in [0.25, 0.3) is 5.91 Å². The molecule has 5 nitrogen and oxygen atoms in total. The Morgan fingerprint density at radius 1 is 1.36 bits per heavy atom. The van der Waals surface area contributed by atoms with Gasteiger partial charge in [-0.3, -0.25) is 4.79 Å². The molecule has 0 spiro atoms. The van der Waals surface area contributed by atoms with E-state index in [9.17, 15) is 18.0 Å². The second-order valence-electron chi connectivity index (χ2n) is 7.45. The van der Waals surface area contributed by atoms with E-state index in [2.05, 4.69) is 18.9 Å². The normalized spacial score (nSPS) is 14.4. The highest BCUT2D eigenvalue weighted by Crippen LogP contribution is 2.32. The Morgan fingerprint density at radius 3 is 2.64 bits per heavy atom. The van der Waals surface area contributed by atoms with Crippen molar-refractivity contribution in [3.05, 3.63) is 41.7 Å². The minimum absolute atomic E-state index is 0.121. The van der Waals surface area contributed by atoms with Crippen LogP contribution in [0.15, 0.2) is 30.5 Å². The number of methoxy groups -OCH3 is 1. The quantitative estimate of drug-likeness (QED) is 0.691. The fourth-order valence-corrected chi connectivity index (χ4v) is 2.98. The molecule has 0 saturated heterocycles. The average Bonchev–Trinajstić information content (AvgIpc) is 3.38. The van der Waals surface area contributed by atoms with Gasteiger partial charge in [-0.1, -0.05) is 19.9 Å². The first-order valence-electron chi connectivity index (χ1n) is 9.33. The fraction of sp³-hybridized carbons (Fsp3) is 0.500. The molecule has 1 amide bonds. The summed E-state index contributed by atoms with van der Waals surface area (Å²) in [5.74, 6) is 0.460. The molecule has 0 bridgehead atoms. The van der Waals surface area contributed by atoms with E-state index in [1.807, 2.05) is 0 Å². The van der Waals surface area contributed by atoms with Crippen molar-refractivity contribution in [2.24, 2.45) is 5.92 Å². The topological polar surface area (TPSA) is 47.4 Å². The average molecular weight is 395 g/mol. The molecule has 0 unspecified atom stereocenters. The summed E-state index contributed by atoms with van der Waals surface area (Å²) in [6.45, 7) is 4.82. The Labute approximate surface area is 162 Å². The summed E-state index contributed by atoms with van der Waals surface area (Å²) >= 11 is 0. The summed E-state index contributed by atoms with van der Waals surface area (Å²) in [6, 6.07) is 5.02. The summed E-state index contributed by atoms with van der Waals surface area (Å²) in [4.78, 5) is 14.9. The second-order valence-corrected chi connectivity index (χ2v) is 7.45. The van der Waals surface area contributed by atoms with Crippen molar-refractivity contribution in [2.45, 2.75) is 45.3 Å². The minimum atomic E-state index is -4.45. The molecule has 2 aromatic rings. The summed E-state index contributed by atoms with van der Waals surface area (Å²) in [7, 11) is 1.42. The number of amides is 1. The summed E-state index contributed by atoms with van der Waals surface area (Å²) in [6.07, 6.45) is -0.221. The van der Waals surface area contributed by atoms with Gasteiger partial charge in [-0.05, 0) is 43.4 Å². The van der Waals surface area contributed by atoms with Crippen molar-refractivity contribution in [1.29, 1.82) is 0 Å². The van der Waals surface area contributed by atoms with E-state index in [-0.39, 0.29) is 29.1 Å². The standard InChI is InChI=1S/C20H24F3N3O2/c1-13(2)9-10-25(15-7-8-15)19(27)18-17(28-3)12-26(24-18)16-6-4-5-14(11-16)20(21,22)23/h4-6,11-13,15H,7-10H2,1-3H3. The molecule has 8 heteroatoms. The summed E-state index contributed by atoms with van der Waals surface area (Å²) in [5, 5.41) is 4.27. The number of hydrogen-bond donors (Lipinski definition) is 0. The van der Waals surface area contributed by atoms with Crippen LogP contribution in [0, 0.1) is 5.92 Å². The van der Waals surface area contributed by atoms with Crippen molar-refractivity contribution in [3.8, 4) is 11.4 Å². The molecule has 0 radical (unpaired) electrons. The maximum Gasteiger partial charge on any atom is 0.416 e. The summed E-state index contributed by atoms with van der Waals surface area (Å²) in [5.41, 5.74) is -0.438. The number of halogens is 3. The number of ether oxygens (including phenoxy) is 1. The zero-order chi connectivity index (χ0) is 20.5. The molecule has 1 aliphatic rings. The highest BCUT2D eigenvalue weighted by molar-refractivity contribution is 5.95. The molecule has 28 heavy (non-hydrogen) atoms. The van der Waals surface area contributed by atoms with Crippen LogP contribution in [0.1, 0.15) is 49.2 Å². The predicted molar refractivity (Wildman–Crippen MR) is 98.6 cm³/mol. The first-order valence-corrected chi connectivity index (χ1v) is 9.33. The molecular formula is C20H24F3N3O2. The van der Waals surface area contributed by atoms with E-state index in [0.29, 0.717) is 12.5 Å². The number of alkyl halides is 3. The molecular weight excluding hydrogens is 371 g/mol. The first kappa shape index (κ1) is 20.2. The van der Waals surface area contributed by atoms with E-state index >= 15 is 0 Å². The molecule has 1 aromatic carbocycles. The molecule has 1 heterocycles. The minimum Gasteiger partial charge on any atom is -0.493 e. The lowest BCUT2D eigenvalue weighted by atomic mass is 10.1. The Morgan fingerprint density at radius 2 is 2.07 bits per heavy atom. The van der Waals surface area contributed by atoms with E-state index < -0.39 is 11.7 Å². The van der Waals surface area contributed by atoms with Gasteiger partial charge in [-0.15, -0.1) is 0 Å². The molecule has 0 atom stereocenters. The number of benzene rings is 1. The fourth-order valence-electron chi connectivity index (χ4n) is 2.98. The molecule has 1 saturated carbocycles. The van der Waals surface area contributed by atoms with E-state index in [1.54, 1.807) is 4.90 Å². The van der Waals surface area contributed by atoms with Crippen LogP contribution in [0.2, 0.25) is 0 Å². The van der Waals surface area contributed by atoms with Gasteiger partial charge in [-0.25, -0.2) is 4.68 Å². The lowest BCUT2D eigenvalue weighted by Gasteiger charge is -2.22. The smallest absolute Gasteiger partial charge is 0.416 e. The van der Waals surface area contributed by atoms with Crippen LogP contribution in [0.4, 0.5) is 13.2 Å². The van der Waals surface area contributed by atoms with Crippen molar-refractivity contribution in [3.63, 3.8) is 0 Å². The Bertz CT molecular complexity index is 841. The van der Waals surface area contributed by atoms with Gasteiger partial charge < -0.3 is 9.64 Å². The number of carbonyl (C=O) groups excluding carboxylic acids is 1. The monoisotopic (exact) mass is 395 g/mol. The molecule has 3 rings (SSSR count). The van der Waals surface area contributed by atoms with Crippen LogP contribution < -0.4 is 4.74 Å². The first-order chi connectivity index (χ1) is 13.2. The van der Waals surface area contributed by atoms with Crippen molar-refractivity contribution in [2.75, 3.05) is 13.7 Å². The molecule has 0 aliphatic heterocycles. The molecule has 1 fully saturated rings. The lowest BCUT2D eigenvalue weighted by molar-refractivity contribution is -0.137. The molecule has 1 aromatic heterocycles. The van der Waals surface area contributed by atoms with Gasteiger partial charge in [0, 0.05) is 12.6 Å². The van der Waals surface area contributed by atoms with Crippen LogP contribution in [0.3, 0.4) is 0 Å². The zero-order valence-electron chi connectivity index (χ0n) is 16.2. The Hall–Kier alpha value is -2.51. The van der Waals surface area contributed by atoms with Crippen molar-refractivity contribution < 1.29 is 22.7 Å². The van der Waals surface area contributed by atoms with Crippen molar-refractivity contribution >= 4 is 5.91 Å². The van der Waals surface area contributed by atoms with Crippen LogP contribution in [-0.4, -0.2) is 40.3 Å². The number of aromatic nitrogens is 2. The Kier molecular flexibility index (Phi) is 5.67. The molecule has 1 aliphatic carbocycles. The lowest BCUT2D eigenvalue weighted by Crippen LogP contribution is -2.35. The second kappa shape index (κ2) is 7.85. The molecule has 0 N–H and O–H groups in total. The van der Waals surface area contributed by atoms with Crippen LogP contribution in [0.5, 0.6) is 5.75 Å². The van der Waals surface area contributed by atoms with E-state index in [1.165, 1.54) is 30.1 Å². The summed E-state index contributed by atoms with van der Waals surface area (Å²) < 4.78 is 45.5. The SMILES string of the molecule is COc1cn(-c2cccc(C(F)(F)F)c2)nc1C(=O)N(CCC(C)C)C1CC1. The van der Waals surface area contributed by atoms with Crippen LogP contribution >= 0.6 is 0 Å². The third-order valence-corrected chi connectivity index (χ3v) is 4.74. The van der Waals surface area contributed by atoms with Gasteiger partial charge in [0.05, 0.1) is 24.6 Å². The van der Waals surface area contributed by atoms with Gasteiger partial charge in [-0.2, -0.15) is 18.3 Å². The largest absolute Gasteiger partial charge is 0.493 e. The number of rotatable bonds is 7. The van der Waals surface area contributed by atoms with Crippen LogP contribution in [-0.2, 0) is 6.18 Å². The third-order valence-electron chi connectivity index (χ3n) is 4.74. The van der Waals surface area contributed by atoms with Gasteiger partial charge in [0.2, 0.25) is 0 Å². The molecule has 152 valence electrons. The highest BCUT2D eigenvalue weighted by atomic mass is 19.4. The van der Waals surface area contributed by atoms with Crippen molar-refractivity contribution in [1.82, 2.24) is 14.7 Å². The van der Waals surface area contributed by atoms with Gasteiger partial charge in [0.15, 0.2) is 11.4 Å².